The summed E-state index contributed by atoms with van der Waals surface area (Å²) in [5, 5.41) is 11.1. The molecule has 2 aromatic carbocycles. The number of nitrogens with zero attached hydrogens (tertiary/aromatic N) is 2. The van der Waals surface area contributed by atoms with Gasteiger partial charge in [0, 0.05) is 11.1 Å². The van der Waals surface area contributed by atoms with Crippen LogP contribution in [0, 0.1) is 18.3 Å². The van der Waals surface area contributed by atoms with Gasteiger partial charge in [-0.3, -0.25) is 4.98 Å². The minimum absolute atomic E-state index is 0.269. The lowest BCUT2D eigenvalue weighted by molar-refractivity contribution is -0.146. The van der Waals surface area contributed by atoms with E-state index in [0.29, 0.717) is 12.0 Å². The van der Waals surface area contributed by atoms with Crippen molar-refractivity contribution in [2.45, 2.75) is 70.9 Å². The van der Waals surface area contributed by atoms with Crippen LogP contribution in [0.2, 0.25) is 0 Å². The van der Waals surface area contributed by atoms with Gasteiger partial charge in [-0.15, -0.1) is 0 Å². The van der Waals surface area contributed by atoms with Gasteiger partial charge in [-0.2, -0.15) is 18.4 Å². The van der Waals surface area contributed by atoms with Gasteiger partial charge in [0.15, 0.2) is 0 Å². The summed E-state index contributed by atoms with van der Waals surface area (Å²) in [6.07, 6.45) is -3.09. The number of pyridine rings is 1. The second kappa shape index (κ2) is 8.94. The molecule has 0 aliphatic heterocycles. The van der Waals surface area contributed by atoms with Crippen molar-refractivity contribution >= 4 is 10.9 Å². The molecule has 1 aromatic heterocycles. The second-order valence-electron chi connectivity index (χ2n) is 9.14. The maximum Gasteiger partial charge on any atom is 0.395 e. The lowest BCUT2D eigenvalue weighted by Gasteiger charge is -2.32. The Morgan fingerprint density at radius 3 is 2.34 bits per heavy atom. The summed E-state index contributed by atoms with van der Waals surface area (Å²) in [6, 6.07) is 17.1. The summed E-state index contributed by atoms with van der Waals surface area (Å²) in [6.45, 7) is 9.03. The lowest BCUT2D eigenvalue weighted by atomic mass is 9.72. The van der Waals surface area contributed by atoms with Gasteiger partial charge in [0.05, 0.1) is 23.4 Å². The molecule has 0 saturated heterocycles. The normalized spacial score (nSPS) is 14.2. The Morgan fingerprint density at radius 1 is 1.03 bits per heavy atom. The van der Waals surface area contributed by atoms with Crippen molar-refractivity contribution in [2.75, 3.05) is 0 Å². The van der Waals surface area contributed by atoms with Gasteiger partial charge in [0.1, 0.15) is 0 Å². The molecule has 0 aliphatic carbocycles. The number of fused-ring (bicyclic) bond motifs is 1. The number of para-hydroxylation sites is 1. The molecule has 2 unspecified atom stereocenters. The molecule has 0 saturated carbocycles. The smallest absolute Gasteiger partial charge is 0.253 e. The van der Waals surface area contributed by atoms with E-state index in [1.165, 1.54) is 6.92 Å². The van der Waals surface area contributed by atoms with Crippen LogP contribution in [-0.2, 0) is 11.8 Å². The predicted molar refractivity (Wildman–Crippen MR) is 123 cm³/mol. The quantitative estimate of drug-likeness (QED) is 0.394. The fourth-order valence-corrected chi connectivity index (χ4v) is 4.55. The van der Waals surface area contributed by atoms with Crippen LogP contribution >= 0.6 is 0 Å². The van der Waals surface area contributed by atoms with Crippen molar-refractivity contribution in [2.24, 2.45) is 0 Å². The van der Waals surface area contributed by atoms with Gasteiger partial charge in [0.25, 0.3) is 0 Å². The number of aromatic nitrogens is 1. The molecule has 0 bridgehead atoms. The van der Waals surface area contributed by atoms with Crippen molar-refractivity contribution in [1.29, 1.82) is 5.26 Å². The maximum atomic E-state index is 13.5. The first-order valence-electron chi connectivity index (χ1n) is 10.9. The van der Waals surface area contributed by atoms with Crippen LogP contribution in [0.1, 0.15) is 73.9 Å². The largest absolute Gasteiger partial charge is 0.395 e. The molecule has 2 nitrogen and oxygen atoms in total. The average Bonchev–Trinajstić information content (AvgIpc) is 2.75. The van der Waals surface area contributed by atoms with Crippen molar-refractivity contribution in [3.63, 3.8) is 0 Å². The summed E-state index contributed by atoms with van der Waals surface area (Å²) >= 11 is 0. The fourth-order valence-electron chi connectivity index (χ4n) is 4.55. The number of hydrogen-bond donors (Lipinski definition) is 0. The molecule has 0 spiro atoms. The molecule has 0 aliphatic rings. The van der Waals surface area contributed by atoms with E-state index < -0.39 is 23.4 Å². The molecule has 0 radical (unpaired) electrons. The highest BCUT2D eigenvalue weighted by molar-refractivity contribution is 5.86. The average molecular weight is 439 g/mol. The Kier molecular flexibility index (Phi) is 6.64. The molecule has 32 heavy (non-hydrogen) atoms. The number of hydrogen-bond acceptors (Lipinski definition) is 2. The van der Waals surface area contributed by atoms with E-state index in [-0.39, 0.29) is 5.56 Å². The van der Waals surface area contributed by atoms with Crippen LogP contribution in [-0.4, -0.2) is 11.2 Å². The van der Waals surface area contributed by atoms with E-state index in [2.05, 4.69) is 13.0 Å². The number of aryl methyl sites for hydroxylation is 2. The van der Waals surface area contributed by atoms with E-state index in [9.17, 15) is 18.4 Å². The Labute approximate surface area is 188 Å². The summed E-state index contributed by atoms with van der Waals surface area (Å²) in [4.78, 5) is 4.71. The molecule has 3 aromatic rings. The standard InChI is InChI=1S/C27H29F3N2/c1-6-19-10-9-12-22-23(14-17(2)32-25(19)22)20(16-31)15-26(4,5)24-13-8-7-11-21(24)18(3)27(28,29)30/h7-14,18,20H,6,15H2,1-5H3. The number of rotatable bonds is 6. The summed E-state index contributed by atoms with van der Waals surface area (Å²) in [5.74, 6) is -2.05. The number of nitriles is 1. The molecule has 0 fully saturated rings. The monoisotopic (exact) mass is 438 g/mol. The molecule has 168 valence electrons. The van der Waals surface area contributed by atoms with Gasteiger partial charge in [-0.25, -0.2) is 0 Å². The third kappa shape index (κ3) is 4.65. The van der Waals surface area contributed by atoms with Gasteiger partial charge in [-0.05, 0) is 60.4 Å². The Bertz CT molecular complexity index is 1160. The minimum Gasteiger partial charge on any atom is -0.253 e. The van der Waals surface area contributed by atoms with E-state index in [4.69, 9.17) is 4.98 Å². The van der Waals surface area contributed by atoms with Crippen molar-refractivity contribution in [3.05, 3.63) is 76.5 Å². The highest BCUT2D eigenvalue weighted by atomic mass is 19.4. The topological polar surface area (TPSA) is 36.7 Å². The molecule has 0 N–H and O–H groups in total. The second-order valence-corrected chi connectivity index (χ2v) is 9.14. The Hall–Kier alpha value is -2.87. The minimum atomic E-state index is -4.32. The molecule has 3 rings (SSSR count). The third-order valence-electron chi connectivity index (χ3n) is 6.36. The molecular weight excluding hydrogens is 409 g/mol. The number of alkyl halides is 3. The van der Waals surface area contributed by atoms with Crippen molar-refractivity contribution in [3.8, 4) is 6.07 Å². The van der Waals surface area contributed by atoms with Crippen molar-refractivity contribution in [1.82, 2.24) is 4.98 Å². The molecule has 0 amide bonds. The molecular formula is C27H29F3N2. The van der Waals surface area contributed by atoms with Crippen LogP contribution in [0.4, 0.5) is 13.2 Å². The van der Waals surface area contributed by atoms with Crippen LogP contribution in [0.3, 0.4) is 0 Å². The van der Waals surface area contributed by atoms with Crippen LogP contribution in [0.5, 0.6) is 0 Å². The van der Waals surface area contributed by atoms with Crippen LogP contribution < -0.4 is 0 Å². The SMILES string of the molecule is CCc1cccc2c(C(C#N)CC(C)(C)c3ccccc3C(C)C(F)(F)F)cc(C)nc12. The molecule has 5 heteroatoms. The molecule has 1 heterocycles. The zero-order valence-electron chi connectivity index (χ0n) is 19.2. The highest BCUT2D eigenvalue weighted by Gasteiger charge is 2.40. The van der Waals surface area contributed by atoms with E-state index in [1.807, 2.05) is 45.0 Å². The van der Waals surface area contributed by atoms with Gasteiger partial charge >= 0.3 is 6.18 Å². The summed E-state index contributed by atoms with van der Waals surface area (Å²) in [5.41, 5.74) is 4.00. The number of benzene rings is 2. The van der Waals surface area contributed by atoms with Crippen molar-refractivity contribution < 1.29 is 13.2 Å². The first-order chi connectivity index (χ1) is 15.0. The fraction of sp³-hybridized carbons (Fsp3) is 0.407. The third-order valence-corrected chi connectivity index (χ3v) is 6.36. The lowest BCUT2D eigenvalue weighted by Crippen LogP contribution is -2.26. The van der Waals surface area contributed by atoms with Gasteiger partial charge in [-0.1, -0.05) is 63.2 Å². The Morgan fingerprint density at radius 2 is 1.72 bits per heavy atom. The highest BCUT2D eigenvalue weighted by Crippen LogP contribution is 2.43. The predicted octanol–water partition coefficient (Wildman–Crippen LogP) is 7.75. The first kappa shape index (κ1) is 23.8. The summed E-state index contributed by atoms with van der Waals surface area (Å²) in [7, 11) is 0. The first-order valence-corrected chi connectivity index (χ1v) is 10.9. The zero-order chi connectivity index (χ0) is 23.7. The van der Waals surface area contributed by atoms with Crippen LogP contribution in [0.25, 0.3) is 10.9 Å². The van der Waals surface area contributed by atoms with E-state index in [1.54, 1.807) is 24.3 Å². The van der Waals surface area contributed by atoms with E-state index in [0.717, 1.165) is 34.1 Å². The Balaban J connectivity index is 2.08. The maximum absolute atomic E-state index is 13.5. The number of halogens is 3. The van der Waals surface area contributed by atoms with Gasteiger partial charge < -0.3 is 0 Å². The van der Waals surface area contributed by atoms with Crippen LogP contribution in [0.15, 0.2) is 48.5 Å². The molecule has 2 atom stereocenters. The zero-order valence-corrected chi connectivity index (χ0v) is 19.2. The van der Waals surface area contributed by atoms with E-state index >= 15 is 0 Å². The summed E-state index contributed by atoms with van der Waals surface area (Å²) < 4.78 is 40.6. The van der Waals surface area contributed by atoms with Gasteiger partial charge in [0.2, 0.25) is 0 Å².